The van der Waals surface area contributed by atoms with Crippen molar-refractivity contribution in [3.63, 3.8) is 0 Å². The molecule has 0 radical (unpaired) electrons. The molecule has 0 bridgehead atoms. The maximum Gasteiger partial charge on any atom is 0.181 e. The van der Waals surface area contributed by atoms with Crippen LogP contribution in [0.1, 0.15) is 31.5 Å². The standard InChI is InChI=1S/C19H16O4S/c1-23-12-6-4-5-11(9-12)18-19(15(20)10-24-18)16(21)13-7-2-3-8-14(13)17(19)22/h2-9,15,18,20H,10H2,1H3/t15-,18-/m0/s1. The first-order valence-electron chi connectivity index (χ1n) is 7.73. The number of aliphatic hydroxyl groups is 1. The Morgan fingerprint density at radius 1 is 1.08 bits per heavy atom. The molecule has 5 heteroatoms. The van der Waals surface area contributed by atoms with Crippen LogP contribution >= 0.6 is 11.8 Å². The molecule has 1 spiro atoms. The predicted molar refractivity (Wildman–Crippen MR) is 91.7 cm³/mol. The quantitative estimate of drug-likeness (QED) is 0.852. The predicted octanol–water partition coefficient (Wildman–Crippen LogP) is 2.91. The molecular weight excluding hydrogens is 324 g/mol. The number of hydrogen-bond donors (Lipinski definition) is 1. The Labute approximate surface area is 143 Å². The van der Waals surface area contributed by atoms with Crippen molar-refractivity contribution in [1.82, 2.24) is 0 Å². The van der Waals surface area contributed by atoms with Crippen LogP contribution < -0.4 is 4.74 Å². The Balaban J connectivity index is 1.89. The van der Waals surface area contributed by atoms with Gasteiger partial charge in [-0.15, -0.1) is 11.8 Å². The Morgan fingerprint density at radius 2 is 1.75 bits per heavy atom. The number of methoxy groups -OCH3 is 1. The normalized spacial score (nSPS) is 24.4. The van der Waals surface area contributed by atoms with Crippen LogP contribution in [0.4, 0.5) is 0 Å². The molecule has 0 saturated carbocycles. The number of fused-ring (bicyclic) bond motifs is 1. The third-order valence-corrected chi connectivity index (χ3v) is 6.41. The fourth-order valence-corrected chi connectivity index (χ4v) is 5.37. The monoisotopic (exact) mass is 340 g/mol. The molecule has 1 heterocycles. The van der Waals surface area contributed by atoms with E-state index in [9.17, 15) is 14.7 Å². The van der Waals surface area contributed by atoms with Gasteiger partial charge in [0, 0.05) is 16.9 Å². The molecule has 1 N–H and O–H groups in total. The van der Waals surface area contributed by atoms with Crippen molar-refractivity contribution in [3.05, 3.63) is 65.2 Å². The van der Waals surface area contributed by atoms with Gasteiger partial charge in [0.2, 0.25) is 0 Å². The molecule has 4 rings (SSSR count). The summed E-state index contributed by atoms with van der Waals surface area (Å²) < 4.78 is 5.27. The summed E-state index contributed by atoms with van der Waals surface area (Å²) in [5, 5.41) is 10.2. The van der Waals surface area contributed by atoms with Crippen LogP contribution in [0, 0.1) is 5.41 Å². The van der Waals surface area contributed by atoms with E-state index in [1.165, 1.54) is 11.8 Å². The van der Waals surface area contributed by atoms with E-state index in [2.05, 4.69) is 0 Å². The molecule has 1 fully saturated rings. The average molecular weight is 340 g/mol. The summed E-state index contributed by atoms with van der Waals surface area (Å²) in [7, 11) is 1.58. The molecule has 1 aliphatic heterocycles. The van der Waals surface area contributed by atoms with Gasteiger partial charge in [0.1, 0.15) is 11.2 Å². The number of ketones is 2. The molecule has 2 aromatic carbocycles. The Bertz CT molecular complexity index is 810. The van der Waals surface area contributed by atoms with E-state index in [0.717, 1.165) is 5.56 Å². The van der Waals surface area contributed by atoms with Crippen molar-refractivity contribution in [1.29, 1.82) is 0 Å². The van der Waals surface area contributed by atoms with Gasteiger partial charge < -0.3 is 9.84 Å². The summed E-state index contributed by atoms with van der Waals surface area (Å²) in [6.07, 6.45) is -0.994. The van der Waals surface area contributed by atoms with Crippen molar-refractivity contribution in [2.75, 3.05) is 12.9 Å². The molecule has 4 nitrogen and oxygen atoms in total. The second kappa shape index (κ2) is 5.46. The van der Waals surface area contributed by atoms with Gasteiger partial charge in [-0.25, -0.2) is 0 Å². The topological polar surface area (TPSA) is 63.6 Å². The molecule has 2 atom stereocenters. The van der Waals surface area contributed by atoms with E-state index in [-0.39, 0.29) is 11.6 Å². The number of ether oxygens (including phenoxy) is 1. The van der Waals surface area contributed by atoms with Gasteiger partial charge >= 0.3 is 0 Å². The summed E-state index contributed by atoms with van der Waals surface area (Å²) in [6.45, 7) is 0. The maximum absolute atomic E-state index is 13.2. The van der Waals surface area contributed by atoms with E-state index in [1.807, 2.05) is 24.3 Å². The molecule has 2 aromatic rings. The number of carbonyl (C=O) groups excluding carboxylic acids is 2. The van der Waals surface area contributed by atoms with Gasteiger partial charge in [0.05, 0.1) is 18.5 Å². The minimum absolute atomic E-state index is 0.270. The summed E-state index contributed by atoms with van der Waals surface area (Å²) in [5.74, 6) is 0.481. The number of benzene rings is 2. The largest absolute Gasteiger partial charge is 0.497 e. The van der Waals surface area contributed by atoms with Crippen LogP contribution in [0.25, 0.3) is 0 Å². The minimum atomic E-state index is -1.43. The van der Waals surface area contributed by atoms with Gasteiger partial charge in [-0.3, -0.25) is 9.59 Å². The molecule has 122 valence electrons. The van der Waals surface area contributed by atoms with E-state index >= 15 is 0 Å². The molecule has 24 heavy (non-hydrogen) atoms. The van der Waals surface area contributed by atoms with Crippen LogP contribution in [-0.2, 0) is 0 Å². The van der Waals surface area contributed by atoms with E-state index in [4.69, 9.17) is 4.74 Å². The summed E-state index contributed by atoms with van der Waals surface area (Å²) >= 11 is 1.45. The van der Waals surface area contributed by atoms with Crippen LogP contribution in [0.2, 0.25) is 0 Å². The maximum atomic E-state index is 13.2. The van der Waals surface area contributed by atoms with Crippen molar-refractivity contribution < 1.29 is 19.4 Å². The number of rotatable bonds is 2. The second-order valence-electron chi connectivity index (χ2n) is 6.08. The number of carbonyl (C=O) groups is 2. The van der Waals surface area contributed by atoms with Crippen LogP contribution in [0.3, 0.4) is 0 Å². The molecular formula is C19H16O4S. The summed E-state index contributed by atoms with van der Waals surface area (Å²) in [4.78, 5) is 26.3. The molecule has 0 aromatic heterocycles. The lowest BCUT2D eigenvalue weighted by Gasteiger charge is -2.30. The van der Waals surface area contributed by atoms with E-state index in [0.29, 0.717) is 22.6 Å². The lowest BCUT2D eigenvalue weighted by Crippen LogP contribution is -2.45. The molecule has 1 saturated heterocycles. The van der Waals surface area contributed by atoms with Crippen molar-refractivity contribution in [2.45, 2.75) is 11.4 Å². The van der Waals surface area contributed by atoms with Gasteiger partial charge in [0.25, 0.3) is 0 Å². The fourth-order valence-electron chi connectivity index (χ4n) is 3.76. The zero-order chi connectivity index (χ0) is 16.9. The highest BCUT2D eigenvalue weighted by Crippen LogP contribution is 2.59. The third kappa shape index (κ3) is 1.85. The van der Waals surface area contributed by atoms with E-state index < -0.39 is 16.8 Å². The SMILES string of the molecule is COc1cccc([C@@H]2SC[C@H](O)C23C(=O)c2ccccc2C3=O)c1. The molecule has 1 aliphatic carbocycles. The number of hydrogen-bond acceptors (Lipinski definition) is 5. The Hall–Kier alpha value is -2.11. The van der Waals surface area contributed by atoms with Crippen molar-refractivity contribution in [2.24, 2.45) is 5.41 Å². The number of aliphatic hydroxyl groups excluding tert-OH is 1. The summed E-state index contributed by atoms with van der Waals surface area (Å²) in [5.41, 5.74) is 0.222. The highest BCUT2D eigenvalue weighted by Gasteiger charge is 2.65. The van der Waals surface area contributed by atoms with Crippen LogP contribution in [-0.4, -0.2) is 35.6 Å². The second-order valence-corrected chi connectivity index (χ2v) is 7.22. The Kier molecular flexibility index (Phi) is 3.51. The first-order valence-corrected chi connectivity index (χ1v) is 8.77. The average Bonchev–Trinajstić information content (AvgIpc) is 3.08. The first kappa shape index (κ1) is 15.4. The highest BCUT2D eigenvalue weighted by molar-refractivity contribution is 8.00. The summed E-state index contributed by atoms with van der Waals surface area (Å²) in [6, 6.07) is 14.2. The van der Waals surface area contributed by atoms with Gasteiger partial charge in [-0.2, -0.15) is 0 Å². The fraction of sp³-hybridized carbons (Fsp3) is 0.263. The van der Waals surface area contributed by atoms with Crippen molar-refractivity contribution in [3.8, 4) is 5.75 Å². The van der Waals surface area contributed by atoms with Crippen LogP contribution in [0.15, 0.2) is 48.5 Å². The van der Waals surface area contributed by atoms with E-state index in [1.54, 1.807) is 31.4 Å². The van der Waals surface area contributed by atoms with Crippen molar-refractivity contribution >= 4 is 23.3 Å². The van der Waals surface area contributed by atoms with Crippen LogP contribution in [0.5, 0.6) is 5.75 Å². The zero-order valence-corrected chi connectivity index (χ0v) is 13.9. The number of thioether (sulfide) groups is 1. The zero-order valence-electron chi connectivity index (χ0n) is 13.1. The minimum Gasteiger partial charge on any atom is -0.497 e. The molecule has 0 unspecified atom stereocenters. The highest BCUT2D eigenvalue weighted by atomic mass is 32.2. The third-order valence-electron chi connectivity index (χ3n) is 4.92. The van der Waals surface area contributed by atoms with Gasteiger partial charge in [-0.05, 0) is 17.7 Å². The molecule has 2 aliphatic rings. The Morgan fingerprint density at radius 3 is 2.38 bits per heavy atom. The lowest BCUT2D eigenvalue weighted by atomic mass is 9.73. The van der Waals surface area contributed by atoms with Gasteiger partial charge in [-0.1, -0.05) is 36.4 Å². The first-order chi connectivity index (χ1) is 11.6. The lowest BCUT2D eigenvalue weighted by molar-refractivity contribution is 0.0388. The van der Waals surface area contributed by atoms with Gasteiger partial charge in [0.15, 0.2) is 11.6 Å². The number of Topliss-reactive ketones (excluding diaryl/α,β-unsaturated/α-hetero) is 2. The smallest absolute Gasteiger partial charge is 0.181 e. The molecule has 0 amide bonds.